The predicted molar refractivity (Wildman–Crippen MR) is 87.6 cm³/mol. The molecule has 0 saturated carbocycles. The number of rotatable bonds is 4. The SMILES string of the molecule is COc1ccc(-c2ccc(O)c(/C=N/NC(N)=S)c2)cc1F. The number of benzene rings is 2. The van der Waals surface area contributed by atoms with Gasteiger partial charge in [-0.25, -0.2) is 4.39 Å². The van der Waals surface area contributed by atoms with Crippen LogP contribution in [0.1, 0.15) is 5.56 Å². The van der Waals surface area contributed by atoms with Crippen LogP contribution in [0.3, 0.4) is 0 Å². The molecule has 5 nitrogen and oxygen atoms in total. The Kier molecular flexibility index (Phi) is 4.90. The monoisotopic (exact) mass is 319 g/mol. The normalized spacial score (nSPS) is 10.6. The topological polar surface area (TPSA) is 79.9 Å². The molecule has 0 bridgehead atoms. The highest BCUT2D eigenvalue weighted by atomic mass is 32.1. The fraction of sp³-hybridized carbons (Fsp3) is 0.0667. The van der Waals surface area contributed by atoms with Gasteiger partial charge in [-0.05, 0) is 47.6 Å². The Morgan fingerprint density at radius 1 is 1.32 bits per heavy atom. The van der Waals surface area contributed by atoms with Crippen molar-refractivity contribution in [2.24, 2.45) is 10.8 Å². The van der Waals surface area contributed by atoms with Gasteiger partial charge in [0.2, 0.25) is 0 Å². The van der Waals surface area contributed by atoms with Crippen LogP contribution >= 0.6 is 12.2 Å². The van der Waals surface area contributed by atoms with Crippen LogP contribution in [0.5, 0.6) is 11.5 Å². The lowest BCUT2D eigenvalue weighted by molar-refractivity contribution is 0.386. The van der Waals surface area contributed by atoms with Crippen LogP contribution in [0, 0.1) is 5.82 Å². The van der Waals surface area contributed by atoms with Gasteiger partial charge in [0.15, 0.2) is 16.7 Å². The summed E-state index contributed by atoms with van der Waals surface area (Å²) < 4.78 is 18.7. The van der Waals surface area contributed by atoms with E-state index in [9.17, 15) is 9.50 Å². The Bertz CT molecular complexity index is 735. The summed E-state index contributed by atoms with van der Waals surface area (Å²) in [6.45, 7) is 0. The number of thiocarbonyl (C=S) groups is 1. The van der Waals surface area contributed by atoms with Crippen LogP contribution in [0.4, 0.5) is 4.39 Å². The molecule has 0 aliphatic carbocycles. The van der Waals surface area contributed by atoms with Crippen molar-refractivity contribution in [3.63, 3.8) is 0 Å². The predicted octanol–water partition coefficient (Wildman–Crippen LogP) is 2.37. The largest absolute Gasteiger partial charge is 0.507 e. The highest BCUT2D eigenvalue weighted by Gasteiger charge is 2.07. The third-order valence-electron chi connectivity index (χ3n) is 2.89. The Balaban J connectivity index is 2.34. The zero-order chi connectivity index (χ0) is 16.1. The fourth-order valence-electron chi connectivity index (χ4n) is 1.85. The van der Waals surface area contributed by atoms with E-state index >= 15 is 0 Å². The number of methoxy groups -OCH3 is 1. The molecule has 0 radical (unpaired) electrons. The standard InChI is InChI=1S/C15H14FN3O2S/c1-21-14-5-3-10(7-12(14)16)9-2-4-13(20)11(6-9)8-18-19-15(17)22/h2-8,20H,1H3,(H3,17,19,22)/b18-8+. The van der Waals surface area contributed by atoms with Crippen LogP contribution < -0.4 is 15.9 Å². The van der Waals surface area contributed by atoms with Crippen molar-refractivity contribution in [3.05, 3.63) is 47.8 Å². The number of ether oxygens (including phenoxy) is 1. The lowest BCUT2D eigenvalue weighted by Crippen LogP contribution is -2.23. The van der Waals surface area contributed by atoms with E-state index in [1.54, 1.807) is 24.3 Å². The molecule has 0 atom stereocenters. The summed E-state index contributed by atoms with van der Waals surface area (Å²) in [5.74, 6) is -0.255. The van der Waals surface area contributed by atoms with Crippen molar-refractivity contribution in [2.75, 3.05) is 7.11 Å². The molecule has 2 aromatic rings. The minimum atomic E-state index is -0.460. The summed E-state index contributed by atoms with van der Waals surface area (Å²) in [6.07, 6.45) is 1.37. The quantitative estimate of drug-likeness (QED) is 0.458. The van der Waals surface area contributed by atoms with Crippen LogP contribution in [-0.4, -0.2) is 23.5 Å². The van der Waals surface area contributed by atoms with E-state index in [4.69, 9.17) is 10.5 Å². The van der Waals surface area contributed by atoms with Gasteiger partial charge in [0.05, 0.1) is 13.3 Å². The molecule has 7 heteroatoms. The van der Waals surface area contributed by atoms with E-state index in [-0.39, 0.29) is 16.6 Å². The number of hydrazone groups is 1. The summed E-state index contributed by atoms with van der Waals surface area (Å²) in [5.41, 5.74) is 9.45. The van der Waals surface area contributed by atoms with Gasteiger partial charge in [0, 0.05) is 5.56 Å². The van der Waals surface area contributed by atoms with Gasteiger partial charge < -0.3 is 15.6 Å². The van der Waals surface area contributed by atoms with Gasteiger partial charge >= 0.3 is 0 Å². The van der Waals surface area contributed by atoms with Gasteiger partial charge in [-0.3, -0.25) is 5.43 Å². The smallest absolute Gasteiger partial charge is 0.184 e. The van der Waals surface area contributed by atoms with Crippen molar-refractivity contribution in [3.8, 4) is 22.6 Å². The molecular formula is C15H14FN3O2S. The Labute approximate surface area is 132 Å². The first-order chi connectivity index (χ1) is 10.5. The average Bonchev–Trinajstić information content (AvgIpc) is 2.48. The number of phenolic OH excluding ortho intramolecular Hbond substituents is 1. The molecule has 0 aliphatic rings. The van der Waals surface area contributed by atoms with Crippen LogP contribution in [-0.2, 0) is 0 Å². The third-order valence-corrected chi connectivity index (χ3v) is 2.98. The molecule has 0 amide bonds. The fourth-order valence-corrected chi connectivity index (χ4v) is 1.90. The Morgan fingerprint density at radius 3 is 2.64 bits per heavy atom. The van der Waals surface area contributed by atoms with E-state index in [0.717, 1.165) is 5.56 Å². The Morgan fingerprint density at radius 2 is 2.00 bits per heavy atom. The highest BCUT2D eigenvalue weighted by molar-refractivity contribution is 7.80. The third kappa shape index (κ3) is 3.70. The second-order valence-electron chi connectivity index (χ2n) is 4.36. The number of hydrogen-bond acceptors (Lipinski definition) is 4. The zero-order valence-electron chi connectivity index (χ0n) is 11.7. The summed E-state index contributed by atoms with van der Waals surface area (Å²) in [5, 5.41) is 13.6. The van der Waals surface area contributed by atoms with Gasteiger partial charge in [0.1, 0.15) is 5.75 Å². The van der Waals surface area contributed by atoms with E-state index < -0.39 is 5.82 Å². The van der Waals surface area contributed by atoms with Crippen molar-refractivity contribution in [1.82, 2.24) is 5.43 Å². The molecule has 4 N–H and O–H groups in total. The number of aromatic hydroxyl groups is 1. The molecule has 114 valence electrons. The number of nitrogens with two attached hydrogens (primary N) is 1. The summed E-state index contributed by atoms with van der Waals surface area (Å²) in [4.78, 5) is 0. The van der Waals surface area contributed by atoms with Crippen molar-refractivity contribution in [2.45, 2.75) is 0 Å². The van der Waals surface area contributed by atoms with E-state index in [1.807, 2.05) is 0 Å². The van der Waals surface area contributed by atoms with E-state index in [1.165, 1.54) is 25.5 Å². The van der Waals surface area contributed by atoms with Gasteiger partial charge in [-0.2, -0.15) is 5.10 Å². The summed E-state index contributed by atoms with van der Waals surface area (Å²) >= 11 is 4.62. The maximum atomic E-state index is 13.8. The molecule has 2 aromatic carbocycles. The number of halogens is 1. The van der Waals surface area contributed by atoms with Crippen LogP contribution in [0.25, 0.3) is 11.1 Å². The number of nitrogens with one attached hydrogen (secondary N) is 1. The molecule has 0 heterocycles. The first-order valence-electron chi connectivity index (χ1n) is 6.26. The minimum Gasteiger partial charge on any atom is -0.507 e. The molecule has 22 heavy (non-hydrogen) atoms. The summed E-state index contributed by atoms with van der Waals surface area (Å²) in [6, 6.07) is 9.47. The molecule has 0 unspecified atom stereocenters. The number of nitrogens with zero attached hydrogens (tertiary/aromatic N) is 1. The first-order valence-corrected chi connectivity index (χ1v) is 6.67. The van der Waals surface area contributed by atoms with Crippen molar-refractivity contribution >= 4 is 23.5 Å². The zero-order valence-corrected chi connectivity index (χ0v) is 12.5. The van der Waals surface area contributed by atoms with Crippen LogP contribution in [0.2, 0.25) is 0 Å². The van der Waals surface area contributed by atoms with E-state index in [0.29, 0.717) is 11.1 Å². The Hall–Kier alpha value is -2.67. The second kappa shape index (κ2) is 6.86. The average molecular weight is 319 g/mol. The van der Waals surface area contributed by atoms with E-state index in [2.05, 4.69) is 22.7 Å². The maximum Gasteiger partial charge on any atom is 0.184 e. The van der Waals surface area contributed by atoms with Crippen molar-refractivity contribution < 1.29 is 14.2 Å². The molecular weight excluding hydrogens is 305 g/mol. The molecule has 0 aliphatic heterocycles. The lowest BCUT2D eigenvalue weighted by atomic mass is 10.0. The van der Waals surface area contributed by atoms with Crippen molar-refractivity contribution in [1.29, 1.82) is 0 Å². The minimum absolute atomic E-state index is 0.0177. The number of phenols is 1. The molecule has 0 saturated heterocycles. The highest BCUT2D eigenvalue weighted by Crippen LogP contribution is 2.28. The van der Waals surface area contributed by atoms with Gasteiger partial charge in [0.25, 0.3) is 0 Å². The lowest BCUT2D eigenvalue weighted by Gasteiger charge is -2.07. The van der Waals surface area contributed by atoms with Gasteiger partial charge in [-0.15, -0.1) is 0 Å². The summed E-state index contributed by atoms with van der Waals surface area (Å²) in [7, 11) is 1.40. The maximum absolute atomic E-state index is 13.8. The van der Waals surface area contributed by atoms with Crippen LogP contribution in [0.15, 0.2) is 41.5 Å². The molecule has 0 fully saturated rings. The second-order valence-corrected chi connectivity index (χ2v) is 4.80. The first kappa shape index (κ1) is 15.7. The number of hydrogen-bond donors (Lipinski definition) is 3. The van der Waals surface area contributed by atoms with Gasteiger partial charge in [-0.1, -0.05) is 12.1 Å². The molecule has 0 aromatic heterocycles. The molecule has 2 rings (SSSR count). The molecule has 0 spiro atoms.